The van der Waals surface area contributed by atoms with E-state index >= 15 is 0 Å². The van der Waals surface area contributed by atoms with Crippen molar-refractivity contribution >= 4 is 12.6 Å². The molecule has 58 valence electrons. The highest BCUT2D eigenvalue weighted by Gasteiger charge is 2.18. The lowest BCUT2D eigenvalue weighted by Crippen LogP contribution is -1.89. The van der Waals surface area contributed by atoms with Gasteiger partial charge in [-0.2, -0.15) is 12.6 Å². The van der Waals surface area contributed by atoms with Crippen molar-refractivity contribution in [2.45, 2.75) is 44.8 Å². The van der Waals surface area contributed by atoms with Crippen molar-refractivity contribution in [2.75, 3.05) is 0 Å². The van der Waals surface area contributed by atoms with Crippen LogP contribution in [0.25, 0.3) is 0 Å². The normalized spacial score (nSPS) is 20.7. The molecule has 0 aromatic rings. The van der Waals surface area contributed by atoms with Crippen molar-refractivity contribution in [3.05, 3.63) is 11.1 Å². The summed E-state index contributed by atoms with van der Waals surface area (Å²) in [5.41, 5.74) is 3.34. The first kappa shape index (κ1) is 8.19. The third kappa shape index (κ3) is 1.57. The van der Waals surface area contributed by atoms with Crippen LogP contribution >= 0.6 is 12.6 Å². The molecule has 0 bridgehead atoms. The van der Waals surface area contributed by atoms with E-state index in [0.717, 1.165) is 0 Å². The second-order valence-corrected chi connectivity index (χ2v) is 3.71. The summed E-state index contributed by atoms with van der Waals surface area (Å²) in [7, 11) is 0. The van der Waals surface area contributed by atoms with E-state index in [1.807, 2.05) is 0 Å². The average Bonchev–Trinajstić information content (AvgIpc) is 2.30. The molecule has 0 saturated carbocycles. The van der Waals surface area contributed by atoms with Crippen LogP contribution in [-0.2, 0) is 0 Å². The molecule has 0 unspecified atom stereocenters. The molecule has 10 heavy (non-hydrogen) atoms. The number of allylic oxidation sites excluding steroid dienone is 2. The van der Waals surface area contributed by atoms with Gasteiger partial charge in [0.2, 0.25) is 0 Å². The van der Waals surface area contributed by atoms with Crippen LogP contribution in [0.3, 0.4) is 0 Å². The van der Waals surface area contributed by atoms with E-state index in [-0.39, 0.29) is 0 Å². The molecule has 0 heterocycles. The fourth-order valence-electron chi connectivity index (χ4n) is 1.72. The predicted molar refractivity (Wildman–Crippen MR) is 49.6 cm³/mol. The minimum absolute atomic E-state index is 0.630. The number of rotatable bonds is 2. The fourth-order valence-corrected chi connectivity index (χ4v) is 2.16. The van der Waals surface area contributed by atoms with Gasteiger partial charge < -0.3 is 0 Å². The number of hydrogen-bond acceptors (Lipinski definition) is 1. The first-order valence-electron chi connectivity index (χ1n) is 4.15. The molecule has 0 atom stereocenters. The minimum atomic E-state index is 0.630. The van der Waals surface area contributed by atoms with Crippen molar-refractivity contribution < 1.29 is 0 Å². The smallest absolute Gasteiger partial charge is 0.00913 e. The summed E-state index contributed by atoms with van der Waals surface area (Å²) in [4.78, 5) is 0. The van der Waals surface area contributed by atoms with Gasteiger partial charge in [-0.15, -0.1) is 0 Å². The minimum Gasteiger partial charge on any atom is -0.175 e. The molecule has 0 aromatic heterocycles. The van der Waals surface area contributed by atoms with Gasteiger partial charge in [-0.05, 0) is 25.7 Å². The van der Waals surface area contributed by atoms with Crippen LogP contribution in [0.2, 0.25) is 0 Å². The van der Waals surface area contributed by atoms with Crippen molar-refractivity contribution in [3.63, 3.8) is 0 Å². The van der Waals surface area contributed by atoms with Crippen LogP contribution in [-0.4, -0.2) is 5.25 Å². The molecule has 1 heteroatoms. The lowest BCUT2D eigenvalue weighted by molar-refractivity contribution is 0.891. The fraction of sp³-hybridized carbons (Fsp3) is 0.778. The maximum atomic E-state index is 4.48. The highest BCUT2D eigenvalue weighted by Crippen LogP contribution is 2.33. The van der Waals surface area contributed by atoms with Gasteiger partial charge in [0.15, 0.2) is 0 Å². The third-order valence-electron chi connectivity index (χ3n) is 2.32. The molecule has 0 aliphatic heterocycles. The summed E-state index contributed by atoms with van der Waals surface area (Å²) in [5, 5.41) is 0.630. The van der Waals surface area contributed by atoms with Gasteiger partial charge >= 0.3 is 0 Å². The van der Waals surface area contributed by atoms with E-state index < -0.39 is 0 Å². The highest BCUT2D eigenvalue weighted by atomic mass is 32.1. The monoisotopic (exact) mass is 156 g/mol. The molecule has 0 fully saturated rings. The van der Waals surface area contributed by atoms with Crippen LogP contribution < -0.4 is 0 Å². The van der Waals surface area contributed by atoms with Gasteiger partial charge in [0.1, 0.15) is 0 Å². The number of thiol groups is 1. The van der Waals surface area contributed by atoms with E-state index in [4.69, 9.17) is 0 Å². The van der Waals surface area contributed by atoms with Crippen LogP contribution in [0, 0.1) is 0 Å². The van der Waals surface area contributed by atoms with E-state index in [1.165, 1.54) is 25.7 Å². The third-order valence-corrected chi connectivity index (χ3v) is 2.68. The molecule has 0 amide bonds. The summed E-state index contributed by atoms with van der Waals surface area (Å²) in [5.74, 6) is 0. The Morgan fingerprint density at radius 1 is 1.20 bits per heavy atom. The van der Waals surface area contributed by atoms with Crippen molar-refractivity contribution in [1.82, 2.24) is 0 Å². The van der Waals surface area contributed by atoms with Crippen molar-refractivity contribution in [3.8, 4) is 0 Å². The molecular formula is C9H16S. The zero-order chi connectivity index (χ0) is 7.56. The maximum absolute atomic E-state index is 4.48. The Kier molecular flexibility index (Phi) is 2.84. The van der Waals surface area contributed by atoms with E-state index in [2.05, 4.69) is 26.5 Å². The summed E-state index contributed by atoms with van der Waals surface area (Å²) in [6.07, 6.45) is 4.95. The Hall–Kier alpha value is 0.0900. The summed E-state index contributed by atoms with van der Waals surface area (Å²) < 4.78 is 0. The number of hydrogen-bond donors (Lipinski definition) is 1. The second kappa shape index (κ2) is 3.47. The Morgan fingerprint density at radius 3 is 1.90 bits per heavy atom. The zero-order valence-corrected chi connectivity index (χ0v) is 7.75. The van der Waals surface area contributed by atoms with Gasteiger partial charge in [-0.3, -0.25) is 0 Å². The van der Waals surface area contributed by atoms with Gasteiger partial charge in [0.25, 0.3) is 0 Å². The molecule has 0 aromatic carbocycles. The van der Waals surface area contributed by atoms with E-state index in [1.54, 1.807) is 11.1 Å². The Balaban J connectivity index is 2.61. The maximum Gasteiger partial charge on any atom is 0.00913 e. The second-order valence-electron chi connectivity index (χ2n) is 2.98. The molecule has 0 radical (unpaired) electrons. The zero-order valence-electron chi connectivity index (χ0n) is 6.85. The van der Waals surface area contributed by atoms with Crippen molar-refractivity contribution in [1.29, 1.82) is 0 Å². The van der Waals surface area contributed by atoms with Gasteiger partial charge in [0.05, 0.1) is 0 Å². The molecular weight excluding hydrogens is 140 g/mol. The average molecular weight is 156 g/mol. The first-order valence-corrected chi connectivity index (χ1v) is 4.67. The quantitative estimate of drug-likeness (QED) is 0.460. The lowest BCUT2D eigenvalue weighted by Gasteiger charge is -1.98. The van der Waals surface area contributed by atoms with Gasteiger partial charge in [0, 0.05) is 5.25 Å². The molecule has 0 nitrogen and oxygen atoms in total. The predicted octanol–water partition coefficient (Wildman–Crippen LogP) is 3.20. The summed E-state index contributed by atoms with van der Waals surface area (Å²) in [6, 6.07) is 0. The molecule has 1 aliphatic carbocycles. The molecule has 0 spiro atoms. The van der Waals surface area contributed by atoms with E-state index in [0.29, 0.717) is 5.25 Å². The molecule has 1 rings (SSSR count). The standard InChI is InChI=1S/C9H16S/c1-3-7-5-9(10)6-8(7)4-2/h9-10H,3-6H2,1-2H3. The van der Waals surface area contributed by atoms with Gasteiger partial charge in [-0.1, -0.05) is 25.0 Å². The SMILES string of the molecule is CCC1=C(CC)CC(S)C1. The van der Waals surface area contributed by atoms with E-state index in [9.17, 15) is 0 Å². The van der Waals surface area contributed by atoms with Crippen LogP contribution in [0.15, 0.2) is 11.1 Å². The van der Waals surface area contributed by atoms with Crippen LogP contribution in [0.1, 0.15) is 39.5 Å². The Morgan fingerprint density at radius 2 is 1.60 bits per heavy atom. The Labute approximate surface area is 69.1 Å². The Bertz CT molecular complexity index is 131. The molecule has 1 aliphatic rings. The highest BCUT2D eigenvalue weighted by molar-refractivity contribution is 7.81. The summed E-state index contributed by atoms with van der Waals surface area (Å²) in [6.45, 7) is 4.49. The van der Waals surface area contributed by atoms with Crippen molar-refractivity contribution in [2.24, 2.45) is 0 Å². The summed E-state index contributed by atoms with van der Waals surface area (Å²) >= 11 is 4.48. The lowest BCUT2D eigenvalue weighted by atomic mass is 10.1. The molecule has 0 N–H and O–H groups in total. The topological polar surface area (TPSA) is 0 Å². The van der Waals surface area contributed by atoms with Crippen LogP contribution in [0.5, 0.6) is 0 Å². The first-order chi connectivity index (χ1) is 4.77. The van der Waals surface area contributed by atoms with Crippen LogP contribution in [0.4, 0.5) is 0 Å². The van der Waals surface area contributed by atoms with Gasteiger partial charge in [-0.25, -0.2) is 0 Å². The molecule has 0 saturated heterocycles. The largest absolute Gasteiger partial charge is 0.175 e.